The van der Waals surface area contributed by atoms with Crippen LogP contribution in [-0.2, 0) is 27.8 Å². The van der Waals surface area contributed by atoms with E-state index in [1.54, 1.807) is 24.4 Å². The molecule has 196 valence electrons. The molecule has 3 aromatic rings. The molecule has 4 rings (SSSR count). The molecule has 1 amide bonds. The molecule has 0 aliphatic carbocycles. The van der Waals surface area contributed by atoms with E-state index in [0.717, 1.165) is 24.2 Å². The van der Waals surface area contributed by atoms with Crippen LogP contribution in [0.2, 0.25) is 0 Å². The Hall–Kier alpha value is -3.50. The number of halogens is 1. The van der Waals surface area contributed by atoms with E-state index in [2.05, 4.69) is 10.3 Å². The lowest BCUT2D eigenvalue weighted by molar-refractivity contribution is -0.124. The maximum absolute atomic E-state index is 13.7. The van der Waals surface area contributed by atoms with Gasteiger partial charge in [-0.25, -0.2) is 12.8 Å². The second-order valence-corrected chi connectivity index (χ2v) is 10.6. The van der Waals surface area contributed by atoms with Crippen LogP contribution in [0.3, 0.4) is 0 Å². The van der Waals surface area contributed by atoms with E-state index < -0.39 is 21.9 Å². The van der Waals surface area contributed by atoms with Crippen LogP contribution in [0.15, 0.2) is 71.8 Å². The van der Waals surface area contributed by atoms with Crippen molar-refractivity contribution in [3.63, 3.8) is 0 Å². The second kappa shape index (κ2) is 12.2. The second-order valence-electron chi connectivity index (χ2n) is 8.71. The minimum absolute atomic E-state index is 0.0671. The molecular formula is C27H30FN3O5S. The average Bonchev–Trinajstić information content (AvgIpc) is 3.12. The third kappa shape index (κ3) is 6.64. The number of ether oxygens (including phenoxy) is 2. The number of nitrogens with zero attached hydrogens (tertiary/aromatic N) is 2. The summed E-state index contributed by atoms with van der Waals surface area (Å²) in [5.74, 6) is 0.0796. The highest BCUT2D eigenvalue weighted by Gasteiger charge is 2.36. The van der Waals surface area contributed by atoms with Gasteiger partial charge >= 0.3 is 0 Å². The fraction of sp³-hybridized carbons (Fsp3) is 0.333. The number of benzene rings is 2. The van der Waals surface area contributed by atoms with Gasteiger partial charge in [-0.15, -0.1) is 0 Å². The maximum atomic E-state index is 13.7. The monoisotopic (exact) mass is 527 g/mol. The third-order valence-corrected chi connectivity index (χ3v) is 8.05. The quantitative estimate of drug-likeness (QED) is 0.432. The van der Waals surface area contributed by atoms with Gasteiger partial charge in [0.05, 0.1) is 18.6 Å². The summed E-state index contributed by atoms with van der Waals surface area (Å²) in [7, 11) is -2.60. The minimum Gasteiger partial charge on any atom is -0.493 e. The number of carbonyl (C=O) groups excluding carboxylic acids is 1. The Morgan fingerprint density at radius 1 is 1.08 bits per heavy atom. The van der Waals surface area contributed by atoms with Crippen LogP contribution in [0.5, 0.6) is 11.5 Å². The van der Waals surface area contributed by atoms with Gasteiger partial charge in [-0.2, -0.15) is 4.31 Å². The molecule has 0 unspecified atom stereocenters. The number of aromatic nitrogens is 1. The maximum Gasteiger partial charge on any atom is 0.244 e. The molecule has 0 saturated carbocycles. The standard InChI is InChI=1S/C27H30FN3O5S/c1-35-26-18-20(8-13-25(26)36-17-14-22-6-2-4-15-29-22)19-31(24-7-3-5-16-30-27(24)32)37(33,34)23-11-9-21(28)10-12-23/h2,4,6,8-13,15,18,24H,3,5,7,14,16-17,19H2,1H3,(H,30,32)/t24-/m0/s1. The lowest BCUT2D eigenvalue weighted by Crippen LogP contribution is -2.48. The molecule has 0 radical (unpaired) electrons. The van der Waals surface area contributed by atoms with E-state index >= 15 is 0 Å². The van der Waals surface area contributed by atoms with Crippen molar-refractivity contribution in [1.29, 1.82) is 0 Å². The third-order valence-electron chi connectivity index (χ3n) is 6.18. The van der Waals surface area contributed by atoms with Crippen molar-refractivity contribution in [3.05, 3.63) is 83.9 Å². The Labute approximate surface area is 216 Å². The molecule has 2 heterocycles. The SMILES string of the molecule is COc1cc(CN([C@H]2CCCCNC2=O)S(=O)(=O)c2ccc(F)cc2)ccc1OCCc1ccccn1. The minimum atomic E-state index is -4.11. The van der Waals surface area contributed by atoms with Gasteiger partial charge < -0.3 is 14.8 Å². The van der Waals surface area contributed by atoms with Crippen molar-refractivity contribution >= 4 is 15.9 Å². The van der Waals surface area contributed by atoms with Crippen molar-refractivity contribution in [2.75, 3.05) is 20.3 Å². The lowest BCUT2D eigenvalue weighted by Gasteiger charge is -2.29. The molecule has 1 atom stereocenters. The van der Waals surface area contributed by atoms with Crippen LogP contribution in [-0.4, -0.2) is 49.9 Å². The first kappa shape index (κ1) is 26.6. The summed E-state index contributed by atoms with van der Waals surface area (Å²) in [6.07, 6.45) is 4.20. The normalized spacial score (nSPS) is 16.2. The van der Waals surface area contributed by atoms with Gasteiger partial charge in [-0.05, 0) is 73.4 Å². The number of nitrogens with one attached hydrogen (secondary N) is 1. The molecule has 1 aliphatic heterocycles. The number of pyridine rings is 1. The highest BCUT2D eigenvalue weighted by molar-refractivity contribution is 7.89. The molecule has 1 N–H and O–H groups in total. The zero-order valence-electron chi connectivity index (χ0n) is 20.6. The number of methoxy groups -OCH3 is 1. The summed E-state index contributed by atoms with van der Waals surface area (Å²) >= 11 is 0. The lowest BCUT2D eigenvalue weighted by atomic mass is 10.1. The van der Waals surface area contributed by atoms with Crippen molar-refractivity contribution < 1.29 is 27.1 Å². The fourth-order valence-corrected chi connectivity index (χ4v) is 5.83. The zero-order valence-corrected chi connectivity index (χ0v) is 21.4. The number of amides is 1. The molecule has 10 heteroatoms. The predicted octanol–water partition coefficient (Wildman–Crippen LogP) is 3.71. The van der Waals surface area contributed by atoms with E-state index in [1.807, 2.05) is 18.2 Å². The molecule has 37 heavy (non-hydrogen) atoms. The predicted molar refractivity (Wildman–Crippen MR) is 136 cm³/mol. The van der Waals surface area contributed by atoms with Crippen molar-refractivity contribution in [2.45, 2.75) is 43.2 Å². The van der Waals surface area contributed by atoms with Crippen LogP contribution in [0.25, 0.3) is 0 Å². The Bertz CT molecular complexity index is 1300. The summed E-state index contributed by atoms with van der Waals surface area (Å²) in [5, 5.41) is 2.81. The van der Waals surface area contributed by atoms with Gasteiger partial charge in [0.1, 0.15) is 11.9 Å². The summed E-state index contributed by atoms with van der Waals surface area (Å²) in [4.78, 5) is 17.1. The van der Waals surface area contributed by atoms with Gasteiger partial charge in [0, 0.05) is 31.4 Å². The van der Waals surface area contributed by atoms with Crippen molar-refractivity contribution in [1.82, 2.24) is 14.6 Å². The first-order valence-electron chi connectivity index (χ1n) is 12.1. The Morgan fingerprint density at radius 2 is 1.89 bits per heavy atom. The molecule has 2 aromatic carbocycles. The van der Waals surface area contributed by atoms with Crippen LogP contribution >= 0.6 is 0 Å². The van der Waals surface area contributed by atoms with E-state index in [1.165, 1.54) is 23.5 Å². The fourth-order valence-electron chi connectivity index (χ4n) is 4.22. The molecule has 0 spiro atoms. The molecular weight excluding hydrogens is 497 g/mol. The van der Waals surface area contributed by atoms with Crippen LogP contribution in [0, 0.1) is 5.82 Å². The largest absolute Gasteiger partial charge is 0.493 e. The summed E-state index contributed by atoms with van der Waals surface area (Å²) in [6, 6.07) is 14.6. The van der Waals surface area contributed by atoms with Crippen LogP contribution in [0.4, 0.5) is 4.39 Å². The smallest absolute Gasteiger partial charge is 0.244 e. The van der Waals surface area contributed by atoms with Gasteiger partial charge in [0.15, 0.2) is 11.5 Å². The molecule has 1 aromatic heterocycles. The van der Waals surface area contributed by atoms with E-state index in [9.17, 15) is 17.6 Å². The van der Waals surface area contributed by atoms with E-state index in [-0.39, 0.29) is 17.3 Å². The number of carbonyl (C=O) groups is 1. The number of rotatable bonds is 10. The first-order valence-corrected chi connectivity index (χ1v) is 13.6. The highest BCUT2D eigenvalue weighted by Crippen LogP contribution is 2.31. The number of hydrogen-bond donors (Lipinski definition) is 1. The Morgan fingerprint density at radius 3 is 2.62 bits per heavy atom. The molecule has 1 fully saturated rings. The van der Waals surface area contributed by atoms with Crippen molar-refractivity contribution in [3.8, 4) is 11.5 Å². The topological polar surface area (TPSA) is 97.8 Å². The summed E-state index contributed by atoms with van der Waals surface area (Å²) in [5.41, 5.74) is 1.53. The summed E-state index contributed by atoms with van der Waals surface area (Å²) in [6.45, 7) is 0.820. The van der Waals surface area contributed by atoms with Crippen molar-refractivity contribution in [2.24, 2.45) is 0 Å². The van der Waals surface area contributed by atoms with Gasteiger partial charge in [0.2, 0.25) is 15.9 Å². The first-order chi connectivity index (χ1) is 17.9. The molecule has 1 aliphatic rings. The number of hydrogen-bond acceptors (Lipinski definition) is 6. The van der Waals surface area contributed by atoms with E-state index in [0.29, 0.717) is 49.5 Å². The molecule has 1 saturated heterocycles. The van der Waals surface area contributed by atoms with Gasteiger partial charge in [-0.1, -0.05) is 12.1 Å². The van der Waals surface area contributed by atoms with E-state index in [4.69, 9.17) is 9.47 Å². The zero-order chi connectivity index (χ0) is 26.3. The number of sulfonamides is 1. The average molecular weight is 528 g/mol. The summed E-state index contributed by atoms with van der Waals surface area (Å²) < 4.78 is 53.4. The van der Waals surface area contributed by atoms with Crippen LogP contribution < -0.4 is 14.8 Å². The molecule has 0 bridgehead atoms. The highest BCUT2D eigenvalue weighted by atomic mass is 32.2. The van der Waals surface area contributed by atoms with Gasteiger partial charge in [-0.3, -0.25) is 9.78 Å². The Balaban J connectivity index is 1.58. The van der Waals surface area contributed by atoms with Crippen LogP contribution in [0.1, 0.15) is 30.5 Å². The molecule has 8 nitrogen and oxygen atoms in total. The van der Waals surface area contributed by atoms with Gasteiger partial charge in [0.25, 0.3) is 0 Å². The Kier molecular flexibility index (Phi) is 8.73.